The molecule has 0 saturated carbocycles. The molecule has 0 fully saturated rings. The number of sulfonamides is 1. The molecule has 2 heterocycles. The van der Waals surface area contributed by atoms with Crippen LogP contribution < -0.4 is 4.90 Å². The number of thiazole rings is 1. The van der Waals surface area contributed by atoms with Gasteiger partial charge in [0, 0.05) is 31.0 Å². The first kappa shape index (κ1) is 27.6. The molecule has 0 N–H and O–H groups in total. The second kappa shape index (κ2) is 11.7. The van der Waals surface area contributed by atoms with Gasteiger partial charge in [-0.3, -0.25) is 14.7 Å². The molecule has 0 spiro atoms. The maximum atomic E-state index is 13.9. The number of fused-ring (bicyclic) bond motifs is 1. The first-order chi connectivity index (χ1) is 19.3. The SMILES string of the molecule is CCN(Cc1ccccc1)S(=O)(=O)c1ccc(C(=O)N(Cc2cccnc2)c2nc3c(C)cc(C)cc3s2)cc1. The molecule has 0 radical (unpaired) electrons. The van der Waals surface area contributed by atoms with E-state index in [0.29, 0.717) is 17.2 Å². The van der Waals surface area contributed by atoms with Crippen molar-refractivity contribution in [3.8, 4) is 0 Å². The van der Waals surface area contributed by atoms with Crippen LogP contribution in [0.5, 0.6) is 0 Å². The van der Waals surface area contributed by atoms with Crippen molar-refractivity contribution in [3.63, 3.8) is 0 Å². The van der Waals surface area contributed by atoms with Gasteiger partial charge in [-0.15, -0.1) is 0 Å². The Hall–Kier alpha value is -3.92. The van der Waals surface area contributed by atoms with Crippen LogP contribution in [0.15, 0.2) is 96.2 Å². The first-order valence-corrected chi connectivity index (χ1v) is 15.2. The van der Waals surface area contributed by atoms with Crippen LogP contribution in [-0.2, 0) is 23.1 Å². The van der Waals surface area contributed by atoms with E-state index in [2.05, 4.69) is 17.1 Å². The second-order valence-corrected chi connectivity index (χ2v) is 12.6. The molecule has 0 aliphatic heterocycles. The fraction of sp³-hybridized carbons (Fsp3) is 0.194. The summed E-state index contributed by atoms with van der Waals surface area (Å²) >= 11 is 1.46. The molecule has 0 atom stereocenters. The number of amides is 1. The van der Waals surface area contributed by atoms with E-state index in [1.54, 1.807) is 29.4 Å². The van der Waals surface area contributed by atoms with E-state index >= 15 is 0 Å². The van der Waals surface area contributed by atoms with Gasteiger partial charge in [-0.05, 0) is 72.5 Å². The quantitative estimate of drug-likeness (QED) is 0.206. The highest BCUT2D eigenvalue weighted by atomic mass is 32.2. The Morgan fingerprint density at radius 2 is 1.62 bits per heavy atom. The highest BCUT2D eigenvalue weighted by molar-refractivity contribution is 7.89. The number of carbonyl (C=O) groups is 1. The zero-order valence-corrected chi connectivity index (χ0v) is 24.2. The molecule has 5 rings (SSSR count). The molecule has 204 valence electrons. The Labute approximate surface area is 238 Å². The van der Waals surface area contributed by atoms with Gasteiger partial charge < -0.3 is 0 Å². The molecular formula is C31H30N4O3S2. The fourth-order valence-electron chi connectivity index (χ4n) is 4.60. The monoisotopic (exact) mass is 570 g/mol. The Kier molecular flexibility index (Phi) is 8.07. The van der Waals surface area contributed by atoms with Crippen molar-refractivity contribution in [2.45, 2.75) is 38.8 Å². The molecule has 0 saturated heterocycles. The minimum absolute atomic E-state index is 0.145. The molecule has 40 heavy (non-hydrogen) atoms. The smallest absolute Gasteiger partial charge is 0.260 e. The number of anilines is 1. The Morgan fingerprint density at radius 3 is 2.30 bits per heavy atom. The maximum absolute atomic E-state index is 13.9. The number of nitrogens with zero attached hydrogens (tertiary/aromatic N) is 4. The molecule has 2 aromatic heterocycles. The molecule has 0 aliphatic carbocycles. The Bertz CT molecular complexity index is 1740. The largest absolute Gasteiger partial charge is 0.279 e. The number of aryl methyl sites for hydroxylation is 2. The maximum Gasteiger partial charge on any atom is 0.260 e. The van der Waals surface area contributed by atoms with E-state index in [9.17, 15) is 13.2 Å². The fourth-order valence-corrected chi connectivity index (χ4v) is 7.18. The van der Waals surface area contributed by atoms with E-state index in [0.717, 1.165) is 32.5 Å². The molecule has 0 aliphatic rings. The number of hydrogen-bond donors (Lipinski definition) is 0. The zero-order chi connectivity index (χ0) is 28.3. The van der Waals surface area contributed by atoms with Crippen molar-refractivity contribution in [3.05, 3.63) is 119 Å². The topological polar surface area (TPSA) is 83.5 Å². The van der Waals surface area contributed by atoms with Gasteiger partial charge >= 0.3 is 0 Å². The lowest BCUT2D eigenvalue weighted by molar-refractivity contribution is 0.0985. The van der Waals surface area contributed by atoms with E-state index < -0.39 is 10.0 Å². The average molecular weight is 571 g/mol. The molecule has 1 amide bonds. The van der Waals surface area contributed by atoms with Crippen LogP contribution in [-0.4, -0.2) is 35.1 Å². The lowest BCUT2D eigenvalue weighted by Gasteiger charge is -2.22. The van der Waals surface area contributed by atoms with Gasteiger partial charge in [-0.25, -0.2) is 13.4 Å². The number of hydrogen-bond acceptors (Lipinski definition) is 6. The average Bonchev–Trinajstić information content (AvgIpc) is 3.39. The van der Waals surface area contributed by atoms with Crippen molar-refractivity contribution in [2.24, 2.45) is 0 Å². The third-order valence-corrected chi connectivity index (χ3v) is 9.61. The van der Waals surface area contributed by atoms with Gasteiger partial charge in [-0.1, -0.05) is 60.7 Å². The molecule has 7 nitrogen and oxygen atoms in total. The number of carbonyl (C=O) groups excluding carboxylic acids is 1. The lowest BCUT2D eigenvalue weighted by Crippen LogP contribution is -2.31. The van der Waals surface area contributed by atoms with Crippen LogP contribution in [0.4, 0.5) is 5.13 Å². The highest BCUT2D eigenvalue weighted by Gasteiger charge is 2.26. The van der Waals surface area contributed by atoms with Gasteiger partial charge in [0.05, 0.1) is 21.7 Å². The normalized spacial score (nSPS) is 11.7. The summed E-state index contributed by atoms with van der Waals surface area (Å²) < 4.78 is 29.3. The summed E-state index contributed by atoms with van der Waals surface area (Å²) in [4.78, 5) is 24.7. The first-order valence-electron chi connectivity index (χ1n) is 13.0. The second-order valence-electron chi connectivity index (χ2n) is 9.62. The Morgan fingerprint density at radius 1 is 0.900 bits per heavy atom. The summed E-state index contributed by atoms with van der Waals surface area (Å²) in [6, 6.07) is 23.5. The van der Waals surface area contributed by atoms with E-state index in [4.69, 9.17) is 4.98 Å². The molecule has 9 heteroatoms. The van der Waals surface area contributed by atoms with E-state index in [1.807, 2.05) is 63.2 Å². The predicted molar refractivity (Wildman–Crippen MR) is 160 cm³/mol. The van der Waals surface area contributed by atoms with Gasteiger partial charge in [-0.2, -0.15) is 4.31 Å². The minimum Gasteiger partial charge on any atom is -0.279 e. The number of benzene rings is 3. The van der Waals surface area contributed by atoms with E-state index in [1.165, 1.54) is 27.8 Å². The van der Waals surface area contributed by atoms with Gasteiger partial charge in [0.2, 0.25) is 10.0 Å². The third kappa shape index (κ3) is 5.82. The zero-order valence-electron chi connectivity index (χ0n) is 22.6. The van der Waals surface area contributed by atoms with Crippen molar-refractivity contribution in [1.29, 1.82) is 0 Å². The number of aromatic nitrogens is 2. The molecule has 5 aromatic rings. The third-order valence-electron chi connectivity index (χ3n) is 6.65. The summed E-state index contributed by atoms with van der Waals surface area (Å²) in [6.07, 6.45) is 3.42. The standard InChI is InChI=1S/C31H30N4O3S2/c1-4-34(20-24-9-6-5-7-10-24)40(37,38)27-14-12-26(13-15-27)30(36)35(21-25-11-8-16-32-19-25)31-33-29-23(3)17-22(2)18-28(29)39-31/h5-19H,4,20-21H2,1-3H3. The van der Waals surface area contributed by atoms with Crippen LogP contribution in [0, 0.1) is 13.8 Å². The Balaban J connectivity index is 1.46. The molecular weight excluding hydrogens is 541 g/mol. The van der Waals surface area contributed by atoms with Crippen LogP contribution in [0.1, 0.15) is 39.5 Å². The number of rotatable bonds is 9. The number of pyridine rings is 1. The van der Waals surface area contributed by atoms with Crippen molar-refractivity contribution >= 4 is 42.6 Å². The van der Waals surface area contributed by atoms with Crippen molar-refractivity contribution in [2.75, 3.05) is 11.4 Å². The summed E-state index contributed by atoms with van der Waals surface area (Å²) in [5.74, 6) is -0.266. The van der Waals surface area contributed by atoms with Crippen molar-refractivity contribution in [1.82, 2.24) is 14.3 Å². The molecule has 3 aromatic carbocycles. The van der Waals surface area contributed by atoms with Crippen LogP contribution in [0.25, 0.3) is 10.2 Å². The van der Waals surface area contributed by atoms with Crippen LogP contribution in [0.2, 0.25) is 0 Å². The molecule has 0 unspecified atom stereocenters. The van der Waals surface area contributed by atoms with Crippen LogP contribution in [0.3, 0.4) is 0 Å². The lowest BCUT2D eigenvalue weighted by atomic mass is 10.1. The van der Waals surface area contributed by atoms with E-state index in [-0.39, 0.29) is 23.9 Å². The summed E-state index contributed by atoms with van der Waals surface area (Å²) in [6.45, 7) is 6.76. The minimum atomic E-state index is -3.75. The molecule has 0 bridgehead atoms. The van der Waals surface area contributed by atoms with Gasteiger partial charge in [0.25, 0.3) is 5.91 Å². The van der Waals surface area contributed by atoms with Gasteiger partial charge in [0.15, 0.2) is 5.13 Å². The summed E-state index contributed by atoms with van der Waals surface area (Å²) in [7, 11) is -3.75. The van der Waals surface area contributed by atoms with Gasteiger partial charge in [0.1, 0.15) is 0 Å². The highest BCUT2D eigenvalue weighted by Crippen LogP contribution is 2.33. The van der Waals surface area contributed by atoms with Crippen LogP contribution >= 0.6 is 11.3 Å². The predicted octanol–water partition coefficient (Wildman–Crippen LogP) is 6.37. The summed E-state index contributed by atoms with van der Waals surface area (Å²) in [5.41, 5.74) is 5.20. The van der Waals surface area contributed by atoms with Crippen molar-refractivity contribution < 1.29 is 13.2 Å². The summed E-state index contributed by atoms with van der Waals surface area (Å²) in [5, 5.41) is 0.578.